The predicted molar refractivity (Wildman–Crippen MR) is 139 cm³/mol. The number of carboxylic acids is 1. The zero-order valence-electron chi connectivity index (χ0n) is 20.4. The van der Waals surface area contributed by atoms with Crippen molar-refractivity contribution in [3.05, 3.63) is 124 Å². The van der Waals surface area contributed by atoms with Gasteiger partial charge in [-0.15, -0.1) is 0 Å². The van der Waals surface area contributed by atoms with Crippen LogP contribution < -0.4 is 10.5 Å². The normalized spacial score (nSPS) is 14.9. The molecule has 0 saturated heterocycles. The fourth-order valence-corrected chi connectivity index (χ4v) is 5.07. The minimum atomic E-state index is -4.55. The Morgan fingerprint density at radius 1 is 0.868 bits per heavy atom. The van der Waals surface area contributed by atoms with Crippen LogP contribution >= 0.6 is 0 Å². The van der Waals surface area contributed by atoms with E-state index in [-0.39, 0.29) is 12.1 Å². The van der Waals surface area contributed by atoms with E-state index >= 15 is 0 Å². The minimum Gasteiger partial charge on any atom is -0.480 e. The summed E-state index contributed by atoms with van der Waals surface area (Å²) in [5.74, 6) is -0.841. The van der Waals surface area contributed by atoms with E-state index in [4.69, 9.17) is 0 Å². The summed E-state index contributed by atoms with van der Waals surface area (Å²) in [6.07, 6.45) is -3.59. The molecule has 0 bridgehead atoms. The number of rotatable bonds is 7. The summed E-state index contributed by atoms with van der Waals surface area (Å²) < 4.78 is 42.3. The Balaban J connectivity index is 1.72. The van der Waals surface area contributed by atoms with E-state index in [1.807, 2.05) is 60.7 Å². The highest BCUT2D eigenvalue weighted by Crippen LogP contribution is 2.42. The molecule has 0 spiro atoms. The number of anilines is 1. The smallest absolute Gasteiger partial charge is 0.416 e. The van der Waals surface area contributed by atoms with E-state index in [0.717, 1.165) is 23.3 Å². The van der Waals surface area contributed by atoms with Crippen LogP contribution in [0.3, 0.4) is 0 Å². The maximum absolute atomic E-state index is 13.7. The molecule has 0 amide bonds. The van der Waals surface area contributed by atoms with E-state index in [1.165, 1.54) is 16.7 Å². The van der Waals surface area contributed by atoms with Crippen molar-refractivity contribution in [2.45, 2.75) is 31.6 Å². The van der Waals surface area contributed by atoms with Crippen molar-refractivity contribution >= 4 is 11.8 Å². The molecule has 0 aliphatic carbocycles. The van der Waals surface area contributed by atoms with Gasteiger partial charge in [-0.3, -0.25) is 9.36 Å². The number of pyridine rings is 1. The highest BCUT2D eigenvalue weighted by Gasteiger charge is 2.38. The maximum atomic E-state index is 13.7. The zero-order valence-corrected chi connectivity index (χ0v) is 20.4. The van der Waals surface area contributed by atoms with Crippen LogP contribution in [0.1, 0.15) is 28.3 Å². The van der Waals surface area contributed by atoms with Crippen LogP contribution in [0.25, 0.3) is 11.1 Å². The van der Waals surface area contributed by atoms with Crippen molar-refractivity contribution in [3.8, 4) is 11.1 Å². The number of alkyl halides is 3. The summed E-state index contributed by atoms with van der Waals surface area (Å²) in [7, 11) is 0. The largest absolute Gasteiger partial charge is 0.480 e. The second kappa shape index (κ2) is 10.2. The average Bonchev–Trinajstić information content (AvgIpc) is 3.28. The van der Waals surface area contributed by atoms with E-state index in [1.54, 1.807) is 11.0 Å². The molecule has 5 rings (SSSR count). The molecule has 194 valence electrons. The molecule has 5 nitrogen and oxygen atoms in total. The second-order valence-corrected chi connectivity index (χ2v) is 9.36. The Hall–Kier alpha value is -4.33. The first-order valence-corrected chi connectivity index (χ1v) is 12.2. The Bertz CT molecular complexity index is 1520. The van der Waals surface area contributed by atoms with Gasteiger partial charge in [-0.05, 0) is 47.2 Å². The number of carboxylic acid groups (broad SMARTS) is 1. The Morgan fingerprint density at radius 3 is 2.16 bits per heavy atom. The minimum absolute atomic E-state index is 0.0214. The molecule has 4 aromatic rings. The SMILES string of the molecule is O=C(O)C1CN(Cc2ccccc2)c2c(-c3cccc(C(F)(F)F)c3)c(CCc3ccccc3)cc(=O)n21. The van der Waals surface area contributed by atoms with Crippen molar-refractivity contribution in [1.29, 1.82) is 0 Å². The van der Waals surface area contributed by atoms with Crippen molar-refractivity contribution in [2.24, 2.45) is 0 Å². The number of carbonyl (C=O) groups is 1. The highest BCUT2D eigenvalue weighted by molar-refractivity contribution is 5.84. The van der Waals surface area contributed by atoms with Crippen molar-refractivity contribution < 1.29 is 23.1 Å². The molecule has 38 heavy (non-hydrogen) atoms. The van der Waals surface area contributed by atoms with Crippen LogP contribution in [0.4, 0.5) is 19.0 Å². The fourth-order valence-electron chi connectivity index (χ4n) is 5.07. The van der Waals surface area contributed by atoms with Crippen molar-refractivity contribution in [1.82, 2.24) is 4.57 Å². The zero-order chi connectivity index (χ0) is 26.9. The molecule has 1 unspecified atom stereocenters. The summed E-state index contributed by atoms with van der Waals surface area (Å²) in [6, 6.07) is 24.2. The van der Waals surface area contributed by atoms with Gasteiger partial charge in [0.15, 0.2) is 6.04 Å². The monoisotopic (exact) mass is 518 g/mol. The predicted octanol–water partition coefficient (Wildman–Crippen LogP) is 5.97. The lowest BCUT2D eigenvalue weighted by Crippen LogP contribution is -2.28. The van der Waals surface area contributed by atoms with Crippen LogP contribution in [0.5, 0.6) is 0 Å². The van der Waals surface area contributed by atoms with Gasteiger partial charge in [0, 0.05) is 18.2 Å². The number of fused-ring (bicyclic) bond motifs is 1. The molecule has 1 aliphatic heterocycles. The molecule has 8 heteroatoms. The average molecular weight is 519 g/mol. The number of aryl methyl sites for hydroxylation is 2. The van der Waals surface area contributed by atoms with Crippen LogP contribution in [0, 0.1) is 0 Å². The molecule has 0 radical (unpaired) electrons. The maximum Gasteiger partial charge on any atom is 0.416 e. The van der Waals surface area contributed by atoms with Gasteiger partial charge in [-0.1, -0.05) is 72.8 Å². The Morgan fingerprint density at radius 2 is 1.53 bits per heavy atom. The first-order valence-electron chi connectivity index (χ1n) is 12.2. The third-order valence-electron chi connectivity index (χ3n) is 6.82. The molecule has 0 saturated carbocycles. The molecule has 3 aromatic carbocycles. The molecule has 1 aliphatic rings. The summed E-state index contributed by atoms with van der Waals surface area (Å²) in [4.78, 5) is 27.4. The van der Waals surface area contributed by atoms with Gasteiger partial charge in [0.05, 0.1) is 12.1 Å². The van der Waals surface area contributed by atoms with Crippen LogP contribution in [0.2, 0.25) is 0 Å². The lowest BCUT2D eigenvalue weighted by Gasteiger charge is -2.24. The molecular weight excluding hydrogens is 493 g/mol. The molecule has 1 N–H and O–H groups in total. The highest BCUT2D eigenvalue weighted by atomic mass is 19.4. The summed E-state index contributed by atoms with van der Waals surface area (Å²) in [5.41, 5.74) is 1.93. The first kappa shape index (κ1) is 25.3. The van der Waals surface area contributed by atoms with Crippen LogP contribution in [0.15, 0.2) is 95.8 Å². The molecule has 1 atom stereocenters. The van der Waals surface area contributed by atoms with Gasteiger partial charge in [-0.2, -0.15) is 13.2 Å². The topological polar surface area (TPSA) is 62.5 Å². The Labute approximate surface area is 217 Å². The number of aromatic nitrogens is 1. The molecule has 1 aromatic heterocycles. The number of hydrogen-bond donors (Lipinski definition) is 1. The van der Waals surface area contributed by atoms with Crippen LogP contribution in [-0.4, -0.2) is 22.2 Å². The second-order valence-electron chi connectivity index (χ2n) is 9.36. The van der Waals surface area contributed by atoms with Crippen LogP contribution in [-0.2, 0) is 30.4 Å². The van der Waals surface area contributed by atoms with Gasteiger partial charge >= 0.3 is 12.1 Å². The van der Waals surface area contributed by atoms with Gasteiger partial charge < -0.3 is 10.0 Å². The third-order valence-corrected chi connectivity index (χ3v) is 6.82. The van der Waals surface area contributed by atoms with E-state index in [9.17, 15) is 27.9 Å². The summed E-state index contributed by atoms with van der Waals surface area (Å²) in [5, 5.41) is 9.97. The van der Waals surface area contributed by atoms with Gasteiger partial charge in [0.1, 0.15) is 5.82 Å². The quantitative estimate of drug-likeness (QED) is 0.328. The van der Waals surface area contributed by atoms with Crippen molar-refractivity contribution in [3.63, 3.8) is 0 Å². The molecule has 0 fully saturated rings. The lowest BCUT2D eigenvalue weighted by molar-refractivity contribution is -0.140. The number of aliphatic carboxylic acids is 1. The standard InChI is InChI=1S/C30H25F3N2O3/c31-30(32,33)24-13-7-12-22(16-24)27-23(15-14-20-8-3-1-4-9-20)17-26(36)35-25(29(37)38)19-34(28(27)35)18-21-10-5-2-6-11-21/h1-13,16-17,25H,14-15,18-19H2,(H,37,38). The Kier molecular flexibility index (Phi) is 6.80. The van der Waals surface area contributed by atoms with Gasteiger partial charge in [-0.25, -0.2) is 4.79 Å². The summed E-state index contributed by atoms with van der Waals surface area (Å²) in [6.45, 7) is 0.325. The van der Waals surface area contributed by atoms with E-state index < -0.39 is 29.3 Å². The first-order chi connectivity index (χ1) is 18.2. The van der Waals surface area contributed by atoms with Gasteiger partial charge in [0.2, 0.25) is 0 Å². The summed E-state index contributed by atoms with van der Waals surface area (Å²) >= 11 is 0. The van der Waals surface area contributed by atoms with Crippen molar-refractivity contribution in [2.75, 3.05) is 11.4 Å². The lowest BCUT2D eigenvalue weighted by atomic mass is 9.94. The number of halogens is 3. The van der Waals surface area contributed by atoms with E-state index in [0.29, 0.717) is 36.3 Å². The number of hydrogen-bond acceptors (Lipinski definition) is 3. The fraction of sp³-hybridized carbons (Fsp3) is 0.200. The van der Waals surface area contributed by atoms with E-state index in [2.05, 4.69) is 0 Å². The third kappa shape index (κ3) is 5.07. The molecule has 2 heterocycles. The van der Waals surface area contributed by atoms with Gasteiger partial charge in [0.25, 0.3) is 5.56 Å². The number of benzene rings is 3. The number of nitrogens with zero attached hydrogens (tertiary/aromatic N) is 2. The molecular formula is C30H25F3N2O3.